The molecule has 0 fully saturated rings. The van der Waals surface area contributed by atoms with E-state index in [4.69, 9.17) is 16.3 Å². The first-order valence-corrected chi connectivity index (χ1v) is 9.87. The summed E-state index contributed by atoms with van der Waals surface area (Å²) in [7, 11) is 0. The number of benzene rings is 3. The fourth-order valence-corrected chi connectivity index (χ4v) is 3.31. The number of hydrogen-bond donors (Lipinski definition) is 1. The van der Waals surface area contributed by atoms with Crippen molar-refractivity contribution in [1.29, 1.82) is 0 Å². The highest BCUT2D eigenvalue weighted by Crippen LogP contribution is 2.21. The minimum atomic E-state index is 0.365. The molecule has 3 aromatic rings. The lowest BCUT2D eigenvalue weighted by Crippen LogP contribution is -2.20. The highest BCUT2D eigenvalue weighted by Gasteiger charge is 2.10. The van der Waals surface area contributed by atoms with E-state index in [-0.39, 0.29) is 0 Å². The monoisotopic (exact) mass is 379 g/mol. The summed E-state index contributed by atoms with van der Waals surface area (Å²) in [4.78, 5) is 0. The maximum atomic E-state index is 6.20. The van der Waals surface area contributed by atoms with Crippen molar-refractivity contribution in [2.24, 2.45) is 0 Å². The molecule has 0 aliphatic carbocycles. The molecular weight excluding hydrogens is 354 g/mol. The van der Waals surface area contributed by atoms with Gasteiger partial charge in [0.1, 0.15) is 12.4 Å². The Balaban J connectivity index is 1.60. The Morgan fingerprint density at radius 1 is 0.926 bits per heavy atom. The number of hydrogen-bond acceptors (Lipinski definition) is 2. The average Bonchev–Trinajstić information content (AvgIpc) is 2.71. The lowest BCUT2D eigenvalue weighted by Gasteiger charge is -2.19. The Hall–Kier alpha value is -2.29. The molecule has 0 aromatic heterocycles. The molecule has 3 heteroatoms. The van der Waals surface area contributed by atoms with Crippen LogP contribution < -0.4 is 10.1 Å². The van der Waals surface area contributed by atoms with E-state index in [1.54, 1.807) is 0 Å². The quantitative estimate of drug-likeness (QED) is 0.455. The van der Waals surface area contributed by atoms with E-state index in [9.17, 15) is 0 Å². The van der Waals surface area contributed by atoms with Gasteiger partial charge in [-0.15, -0.1) is 0 Å². The summed E-state index contributed by atoms with van der Waals surface area (Å²) in [5.41, 5.74) is 3.55. The van der Waals surface area contributed by atoms with E-state index in [0.29, 0.717) is 12.6 Å². The normalized spacial score (nSPS) is 11.9. The summed E-state index contributed by atoms with van der Waals surface area (Å²) in [5.74, 6) is 0.862. The fourth-order valence-electron chi connectivity index (χ4n) is 3.12. The zero-order chi connectivity index (χ0) is 18.9. The molecular formula is C24H26ClNO. The third kappa shape index (κ3) is 5.85. The van der Waals surface area contributed by atoms with Crippen molar-refractivity contribution in [1.82, 2.24) is 5.32 Å². The Labute approximate surface area is 167 Å². The van der Waals surface area contributed by atoms with Crippen molar-refractivity contribution in [2.75, 3.05) is 0 Å². The molecule has 3 aromatic carbocycles. The molecule has 0 saturated carbocycles. The minimum Gasteiger partial charge on any atom is -0.489 e. The molecule has 0 saturated heterocycles. The second kappa shape index (κ2) is 10.1. The maximum Gasteiger partial charge on any atom is 0.120 e. The SMILES string of the molecule is CCCC(NCc1cccc(OCc2ccccc2Cl)c1)c1ccccc1. The van der Waals surface area contributed by atoms with E-state index in [0.717, 1.165) is 35.7 Å². The number of nitrogens with one attached hydrogen (secondary N) is 1. The number of halogens is 1. The summed E-state index contributed by atoms with van der Waals surface area (Å²) < 4.78 is 5.94. The first kappa shape index (κ1) is 19.5. The lowest BCUT2D eigenvalue weighted by atomic mass is 10.0. The van der Waals surface area contributed by atoms with Crippen LogP contribution in [0.5, 0.6) is 5.75 Å². The van der Waals surface area contributed by atoms with E-state index in [1.807, 2.05) is 36.4 Å². The van der Waals surface area contributed by atoms with Crippen molar-refractivity contribution in [3.05, 3.63) is 101 Å². The molecule has 0 aliphatic rings. The Bertz CT molecular complexity index is 835. The Morgan fingerprint density at radius 3 is 2.48 bits per heavy atom. The third-order valence-electron chi connectivity index (χ3n) is 4.58. The molecule has 27 heavy (non-hydrogen) atoms. The van der Waals surface area contributed by atoms with Crippen LogP contribution >= 0.6 is 11.6 Å². The van der Waals surface area contributed by atoms with Gasteiger partial charge in [-0.3, -0.25) is 0 Å². The van der Waals surface area contributed by atoms with Crippen LogP contribution in [0, 0.1) is 0 Å². The fraction of sp³-hybridized carbons (Fsp3) is 0.250. The molecule has 1 unspecified atom stereocenters. The molecule has 0 radical (unpaired) electrons. The maximum absolute atomic E-state index is 6.20. The number of rotatable bonds is 9. The summed E-state index contributed by atoms with van der Waals surface area (Å²) in [6.07, 6.45) is 2.26. The predicted octanol–water partition coefficient (Wildman–Crippen LogP) is 6.55. The topological polar surface area (TPSA) is 21.3 Å². The van der Waals surface area contributed by atoms with Crippen molar-refractivity contribution >= 4 is 11.6 Å². The molecule has 0 amide bonds. The van der Waals surface area contributed by atoms with Gasteiger partial charge in [0.25, 0.3) is 0 Å². The molecule has 1 N–H and O–H groups in total. The van der Waals surface area contributed by atoms with Crippen LogP contribution in [-0.4, -0.2) is 0 Å². The van der Waals surface area contributed by atoms with Crippen LogP contribution in [0.4, 0.5) is 0 Å². The largest absolute Gasteiger partial charge is 0.489 e. The summed E-state index contributed by atoms with van der Waals surface area (Å²) in [5, 5.41) is 4.42. The van der Waals surface area contributed by atoms with Crippen molar-refractivity contribution in [2.45, 2.75) is 39.0 Å². The highest BCUT2D eigenvalue weighted by atomic mass is 35.5. The first-order valence-electron chi connectivity index (χ1n) is 9.49. The van der Waals surface area contributed by atoms with Gasteiger partial charge in [-0.25, -0.2) is 0 Å². The van der Waals surface area contributed by atoms with Gasteiger partial charge in [-0.05, 0) is 35.7 Å². The molecule has 0 spiro atoms. The van der Waals surface area contributed by atoms with Gasteiger partial charge in [-0.2, -0.15) is 0 Å². The molecule has 3 rings (SSSR count). The summed E-state index contributed by atoms with van der Waals surface area (Å²) in [6.45, 7) is 3.50. The summed E-state index contributed by atoms with van der Waals surface area (Å²) in [6, 6.07) is 27.0. The zero-order valence-corrected chi connectivity index (χ0v) is 16.5. The smallest absolute Gasteiger partial charge is 0.120 e. The van der Waals surface area contributed by atoms with Gasteiger partial charge < -0.3 is 10.1 Å². The van der Waals surface area contributed by atoms with Gasteiger partial charge in [-0.1, -0.05) is 85.6 Å². The van der Waals surface area contributed by atoms with E-state index in [2.05, 4.69) is 54.7 Å². The zero-order valence-electron chi connectivity index (χ0n) is 15.7. The number of ether oxygens (including phenoxy) is 1. The van der Waals surface area contributed by atoms with Crippen molar-refractivity contribution < 1.29 is 4.74 Å². The lowest BCUT2D eigenvalue weighted by molar-refractivity contribution is 0.306. The van der Waals surface area contributed by atoms with Crippen molar-refractivity contribution in [3.8, 4) is 5.75 Å². The van der Waals surface area contributed by atoms with Crippen LogP contribution in [0.1, 0.15) is 42.5 Å². The minimum absolute atomic E-state index is 0.365. The second-order valence-electron chi connectivity index (χ2n) is 6.66. The molecule has 1 atom stereocenters. The first-order chi connectivity index (χ1) is 13.3. The highest BCUT2D eigenvalue weighted by molar-refractivity contribution is 6.31. The van der Waals surface area contributed by atoms with Gasteiger partial charge in [0, 0.05) is 23.2 Å². The molecule has 0 bridgehead atoms. The van der Waals surface area contributed by atoms with E-state index >= 15 is 0 Å². The Kier molecular flexibility index (Phi) is 7.32. The average molecular weight is 380 g/mol. The molecule has 2 nitrogen and oxygen atoms in total. The van der Waals surface area contributed by atoms with Crippen LogP contribution in [0.25, 0.3) is 0 Å². The molecule has 140 valence electrons. The predicted molar refractivity (Wildman–Crippen MR) is 113 cm³/mol. The van der Waals surface area contributed by atoms with Crippen LogP contribution in [0.3, 0.4) is 0 Å². The molecule has 0 heterocycles. The van der Waals surface area contributed by atoms with Gasteiger partial charge >= 0.3 is 0 Å². The van der Waals surface area contributed by atoms with E-state index in [1.165, 1.54) is 11.1 Å². The third-order valence-corrected chi connectivity index (χ3v) is 4.95. The van der Waals surface area contributed by atoms with Crippen LogP contribution in [0.2, 0.25) is 5.02 Å². The van der Waals surface area contributed by atoms with Crippen LogP contribution in [0.15, 0.2) is 78.9 Å². The second-order valence-corrected chi connectivity index (χ2v) is 7.07. The Morgan fingerprint density at radius 2 is 1.70 bits per heavy atom. The van der Waals surface area contributed by atoms with Crippen molar-refractivity contribution in [3.63, 3.8) is 0 Å². The van der Waals surface area contributed by atoms with Gasteiger partial charge in [0.05, 0.1) is 0 Å². The van der Waals surface area contributed by atoms with E-state index < -0.39 is 0 Å². The standard InChI is InChI=1S/C24H26ClNO/c1-2-9-24(20-11-4-3-5-12-20)26-17-19-10-8-14-22(16-19)27-18-21-13-6-7-15-23(21)25/h3-8,10-16,24,26H,2,9,17-18H2,1H3. The van der Waals surface area contributed by atoms with Gasteiger partial charge in [0.15, 0.2) is 0 Å². The molecule has 0 aliphatic heterocycles. The summed E-state index contributed by atoms with van der Waals surface area (Å²) >= 11 is 6.20. The van der Waals surface area contributed by atoms with Gasteiger partial charge in [0.2, 0.25) is 0 Å². The van der Waals surface area contributed by atoms with Crippen LogP contribution in [-0.2, 0) is 13.2 Å².